The van der Waals surface area contributed by atoms with E-state index in [1.165, 1.54) is 11.8 Å². The summed E-state index contributed by atoms with van der Waals surface area (Å²) >= 11 is 1.22. The van der Waals surface area contributed by atoms with Gasteiger partial charge in [-0.1, -0.05) is 60.6 Å². The molecule has 8 heteroatoms. The van der Waals surface area contributed by atoms with Crippen LogP contribution in [0.15, 0.2) is 47.6 Å². The van der Waals surface area contributed by atoms with Crippen LogP contribution in [0.1, 0.15) is 23.6 Å². The third kappa shape index (κ3) is 5.07. The number of aromatic nitrogens is 3. The minimum absolute atomic E-state index is 0.0575. The lowest BCUT2D eigenvalue weighted by atomic mass is 10.1. The van der Waals surface area contributed by atoms with Crippen molar-refractivity contribution in [2.45, 2.75) is 38.9 Å². The van der Waals surface area contributed by atoms with Crippen molar-refractivity contribution >= 4 is 29.3 Å². The van der Waals surface area contributed by atoms with Gasteiger partial charge in [-0.05, 0) is 37.5 Å². The molecule has 2 amide bonds. The molecule has 0 atom stereocenters. The summed E-state index contributed by atoms with van der Waals surface area (Å²) in [4.78, 5) is 24.2. The van der Waals surface area contributed by atoms with Crippen LogP contribution in [-0.4, -0.2) is 32.3 Å². The van der Waals surface area contributed by atoms with Crippen molar-refractivity contribution in [2.75, 3.05) is 11.1 Å². The molecule has 0 spiro atoms. The smallest absolute Gasteiger partial charge is 0.237 e. The van der Waals surface area contributed by atoms with E-state index >= 15 is 0 Å². The zero-order valence-corrected chi connectivity index (χ0v) is 18.1. The Bertz CT molecular complexity index is 1080. The highest BCUT2D eigenvalue weighted by atomic mass is 32.2. The Hall–Kier alpha value is -3.13. The largest absolute Gasteiger partial charge is 0.368 e. The summed E-state index contributed by atoms with van der Waals surface area (Å²) in [5, 5.41) is 11.9. The summed E-state index contributed by atoms with van der Waals surface area (Å²) in [5.74, 6) is 0.0483. The normalized spacial score (nSPS) is 10.8. The number of rotatable bonds is 8. The molecule has 3 N–H and O–H groups in total. The number of benzene rings is 2. The van der Waals surface area contributed by atoms with E-state index in [1.54, 1.807) is 4.57 Å². The first-order valence-corrected chi connectivity index (χ1v) is 10.7. The van der Waals surface area contributed by atoms with Gasteiger partial charge in [-0.2, -0.15) is 0 Å². The number of hydrogen-bond acceptors (Lipinski definition) is 5. The van der Waals surface area contributed by atoms with Crippen LogP contribution in [0, 0.1) is 13.8 Å². The molecule has 0 radical (unpaired) electrons. The van der Waals surface area contributed by atoms with E-state index in [9.17, 15) is 9.59 Å². The summed E-state index contributed by atoms with van der Waals surface area (Å²) in [7, 11) is 0. The number of anilines is 1. The number of para-hydroxylation sites is 1. The van der Waals surface area contributed by atoms with Crippen LogP contribution in [-0.2, 0) is 22.6 Å². The fourth-order valence-electron chi connectivity index (χ4n) is 3.20. The monoisotopic (exact) mass is 423 g/mol. The third-order valence-electron chi connectivity index (χ3n) is 4.64. The topological polar surface area (TPSA) is 103 Å². The number of nitrogens with zero attached hydrogens (tertiary/aromatic N) is 3. The van der Waals surface area contributed by atoms with E-state index in [2.05, 4.69) is 22.4 Å². The first kappa shape index (κ1) is 21.6. The molecule has 0 aliphatic heterocycles. The molecule has 0 bridgehead atoms. The highest BCUT2D eigenvalue weighted by Crippen LogP contribution is 2.26. The number of carbonyl (C=O) groups is 2. The van der Waals surface area contributed by atoms with Gasteiger partial charge in [-0.3, -0.25) is 14.2 Å². The Labute approximate surface area is 180 Å². The van der Waals surface area contributed by atoms with Crippen molar-refractivity contribution in [2.24, 2.45) is 5.73 Å². The van der Waals surface area contributed by atoms with Gasteiger partial charge < -0.3 is 11.1 Å². The molecule has 0 saturated heterocycles. The predicted molar refractivity (Wildman–Crippen MR) is 119 cm³/mol. The van der Waals surface area contributed by atoms with Crippen molar-refractivity contribution in [3.05, 3.63) is 59.2 Å². The maximum Gasteiger partial charge on any atom is 0.237 e. The van der Waals surface area contributed by atoms with E-state index in [0.717, 1.165) is 34.4 Å². The van der Waals surface area contributed by atoms with Crippen LogP contribution in [0.25, 0.3) is 11.4 Å². The van der Waals surface area contributed by atoms with Crippen molar-refractivity contribution in [1.29, 1.82) is 0 Å². The molecule has 3 aromatic rings. The maximum atomic E-state index is 12.6. The minimum Gasteiger partial charge on any atom is -0.368 e. The lowest BCUT2D eigenvalue weighted by Gasteiger charge is -2.13. The van der Waals surface area contributed by atoms with E-state index < -0.39 is 5.91 Å². The lowest BCUT2D eigenvalue weighted by molar-refractivity contribution is -0.118. The standard InChI is InChI=1S/C22H25N5O2S/c1-4-16-9-6-8-15(3)20(16)24-19(29)13-30-22-26-25-21(27(22)12-18(23)28)17-10-5-7-14(2)11-17/h5-11H,4,12-13H2,1-3H3,(H2,23,28)(H,24,29). The first-order valence-electron chi connectivity index (χ1n) is 9.68. The SMILES string of the molecule is CCc1cccc(C)c1NC(=O)CSc1nnc(-c2cccc(C)c2)n1CC(N)=O. The van der Waals surface area contributed by atoms with E-state index in [-0.39, 0.29) is 18.2 Å². The second-order valence-corrected chi connectivity index (χ2v) is 7.97. The fraction of sp³-hybridized carbons (Fsp3) is 0.273. The van der Waals surface area contributed by atoms with Gasteiger partial charge in [0.25, 0.3) is 0 Å². The Morgan fingerprint density at radius 1 is 1.13 bits per heavy atom. The first-order chi connectivity index (χ1) is 14.4. The van der Waals surface area contributed by atoms with Gasteiger partial charge in [0.1, 0.15) is 6.54 Å². The molecule has 0 fully saturated rings. The second-order valence-electron chi connectivity index (χ2n) is 7.03. The van der Waals surface area contributed by atoms with Crippen LogP contribution >= 0.6 is 11.8 Å². The number of primary amides is 1. The van der Waals surface area contributed by atoms with E-state index in [0.29, 0.717) is 11.0 Å². The molecule has 156 valence electrons. The fourth-order valence-corrected chi connectivity index (χ4v) is 3.94. The highest BCUT2D eigenvalue weighted by Gasteiger charge is 2.18. The van der Waals surface area contributed by atoms with Crippen LogP contribution in [0.4, 0.5) is 5.69 Å². The zero-order valence-electron chi connectivity index (χ0n) is 17.3. The number of hydrogen-bond donors (Lipinski definition) is 2. The lowest BCUT2D eigenvalue weighted by Crippen LogP contribution is -2.21. The number of thioether (sulfide) groups is 1. The molecule has 1 aromatic heterocycles. The molecule has 30 heavy (non-hydrogen) atoms. The van der Waals surface area contributed by atoms with Gasteiger partial charge in [0.2, 0.25) is 11.8 Å². The van der Waals surface area contributed by atoms with E-state index in [1.807, 2.05) is 56.3 Å². The Kier molecular flexibility index (Phi) is 6.89. The number of aryl methyl sites for hydroxylation is 3. The Morgan fingerprint density at radius 3 is 2.60 bits per heavy atom. The number of nitrogens with one attached hydrogen (secondary N) is 1. The van der Waals surface area contributed by atoms with E-state index in [4.69, 9.17) is 5.73 Å². The predicted octanol–water partition coefficient (Wildman–Crippen LogP) is 3.34. The molecule has 0 aliphatic carbocycles. The van der Waals surface area contributed by atoms with Gasteiger partial charge in [-0.25, -0.2) is 0 Å². The molecule has 0 saturated carbocycles. The zero-order chi connectivity index (χ0) is 21.7. The number of carbonyl (C=O) groups excluding carboxylic acids is 2. The Balaban J connectivity index is 1.78. The summed E-state index contributed by atoms with van der Waals surface area (Å²) in [6.45, 7) is 5.95. The van der Waals surface area contributed by atoms with Crippen LogP contribution in [0.2, 0.25) is 0 Å². The summed E-state index contributed by atoms with van der Waals surface area (Å²) in [5.41, 5.74) is 10.3. The Morgan fingerprint density at radius 2 is 1.90 bits per heavy atom. The van der Waals surface area contributed by atoms with Crippen LogP contribution < -0.4 is 11.1 Å². The molecule has 0 aliphatic rings. The van der Waals surface area contributed by atoms with Crippen molar-refractivity contribution in [3.8, 4) is 11.4 Å². The van der Waals surface area contributed by atoms with Gasteiger partial charge in [0.15, 0.2) is 11.0 Å². The van der Waals surface area contributed by atoms with Gasteiger partial charge in [0.05, 0.1) is 5.75 Å². The summed E-state index contributed by atoms with van der Waals surface area (Å²) in [6.07, 6.45) is 0.831. The quantitative estimate of drug-likeness (QED) is 0.541. The van der Waals surface area contributed by atoms with Crippen molar-refractivity contribution in [1.82, 2.24) is 14.8 Å². The average molecular weight is 424 g/mol. The summed E-state index contributed by atoms with van der Waals surface area (Å²) in [6, 6.07) is 13.7. The maximum absolute atomic E-state index is 12.6. The molecule has 7 nitrogen and oxygen atoms in total. The average Bonchev–Trinajstić information content (AvgIpc) is 3.09. The van der Waals surface area contributed by atoms with Crippen molar-refractivity contribution < 1.29 is 9.59 Å². The molecular weight excluding hydrogens is 398 g/mol. The molecular formula is C22H25N5O2S. The molecule has 1 heterocycles. The number of nitrogens with two attached hydrogens (primary N) is 1. The van der Waals surface area contributed by atoms with Crippen LogP contribution in [0.3, 0.4) is 0 Å². The van der Waals surface area contributed by atoms with Crippen LogP contribution in [0.5, 0.6) is 0 Å². The molecule has 2 aromatic carbocycles. The third-order valence-corrected chi connectivity index (χ3v) is 5.61. The summed E-state index contributed by atoms with van der Waals surface area (Å²) < 4.78 is 1.65. The van der Waals surface area contributed by atoms with Crippen molar-refractivity contribution in [3.63, 3.8) is 0 Å². The minimum atomic E-state index is -0.498. The highest BCUT2D eigenvalue weighted by molar-refractivity contribution is 7.99. The molecule has 3 rings (SSSR count). The number of amides is 2. The second kappa shape index (κ2) is 9.58. The van der Waals surface area contributed by atoms with Gasteiger partial charge in [0, 0.05) is 11.3 Å². The molecule has 0 unspecified atom stereocenters. The van der Waals surface area contributed by atoms with Gasteiger partial charge >= 0.3 is 0 Å². The van der Waals surface area contributed by atoms with Gasteiger partial charge in [-0.15, -0.1) is 10.2 Å².